The predicted octanol–water partition coefficient (Wildman–Crippen LogP) is 3.58. The minimum absolute atomic E-state index is 0.517. The normalized spacial score (nSPS) is 12.2. The lowest BCUT2D eigenvalue weighted by molar-refractivity contribution is 0.169. The van der Waals surface area contributed by atoms with Gasteiger partial charge in [0.25, 0.3) is 0 Å². The van der Waals surface area contributed by atoms with E-state index in [-0.39, 0.29) is 0 Å². The van der Waals surface area contributed by atoms with Crippen LogP contribution in [0.1, 0.15) is 43.5 Å². The van der Waals surface area contributed by atoms with Crippen LogP contribution in [0.4, 0.5) is 0 Å². The van der Waals surface area contributed by atoms with Crippen molar-refractivity contribution in [1.82, 2.24) is 9.97 Å². The Morgan fingerprint density at radius 3 is 2.60 bits per heavy atom. The summed E-state index contributed by atoms with van der Waals surface area (Å²) in [5, 5.41) is 9.71. The van der Waals surface area contributed by atoms with Crippen molar-refractivity contribution in [3.63, 3.8) is 0 Å². The fourth-order valence-corrected chi connectivity index (χ4v) is 1.93. The molecule has 106 valence electrons. The van der Waals surface area contributed by atoms with Gasteiger partial charge in [0.15, 0.2) is 0 Å². The molecule has 0 radical (unpaired) electrons. The summed E-state index contributed by atoms with van der Waals surface area (Å²) in [6, 6.07) is 7.46. The van der Waals surface area contributed by atoms with Crippen LogP contribution in [-0.2, 0) is 6.42 Å². The van der Waals surface area contributed by atoms with Crippen LogP contribution in [0.25, 0.3) is 0 Å². The maximum absolute atomic E-state index is 9.71. The van der Waals surface area contributed by atoms with Gasteiger partial charge in [-0.1, -0.05) is 13.8 Å². The summed E-state index contributed by atoms with van der Waals surface area (Å²) in [7, 11) is 0. The summed E-state index contributed by atoms with van der Waals surface area (Å²) in [6.07, 6.45) is 2.58. The Labute approximate surface area is 119 Å². The van der Waals surface area contributed by atoms with Crippen LogP contribution in [0.5, 0.6) is 11.5 Å². The smallest absolute Gasteiger partial charge is 0.148 e. The molecule has 0 amide bonds. The van der Waals surface area contributed by atoms with E-state index >= 15 is 0 Å². The van der Waals surface area contributed by atoms with Crippen LogP contribution in [-0.4, -0.2) is 15.1 Å². The molecule has 0 aliphatic carbocycles. The van der Waals surface area contributed by atoms with Gasteiger partial charge in [0.2, 0.25) is 0 Å². The third kappa shape index (κ3) is 3.33. The lowest BCUT2D eigenvalue weighted by Gasteiger charge is -2.11. The molecule has 0 aromatic carbocycles. The number of rotatable bonds is 5. The van der Waals surface area contributed by atoms with Crippen molar-refractivity contribution in [2.75, 3.05) is 0 Å². The molecule has 4 nitrogen and oxygen atoms in total. The summed E-state index contributed by atoms with van der Waals surface area (Å²) in [4.78, 5) is 8.68. The molecule has 0 fully saturated rings. The first kappa shape index (κ1) is 14.5. The SMILES string of the molecule is CCc1nc(C)ccc1Oc1ccc([C@H](O)CC)nc1. The molecule has 0 saturated carbocycles. The van der Waals surface area contributed by atoms with Crippen molar-refractivity contribution in [2.45, 2.75) is 39.7 Å². The molecule has 2 aromatic heterocycles. The van der Waals surface area contributed by atoms with Crippen molar-refractivity contribution in [3.8, 4) is 11.5 Å². The van der Waals surface area contributed by atoms with E-state index in [0.717, 1.165) is 23.6 Å². The van der Waals surface area contributed by atoms with Gasteiger partial charge in [0, 0.05) is 5.69 Å². The second-order valence-electron chi connectivity index (χ2n) is 4.70. The minimum atomic E-state index is -0.517. The minimum Gasteiger partial charge on any atom is -0.454 e. The molecule has 0 aliphatic heterocycles. The van der Waals surface area contributed by atoms with Crippen molar-refractivity contribution in [2.24, 2.45) is 0 Å². The van der Waals surface area contributed by atoms with Crippen molar-refractivity contribution >= 4 is 0 Å². The molecule has 1 N–H and O–H groups in total. The molecule has 4 heteroatoms. The van der Waals surface area contributed by atoms with Gasteiger partial charge in [-0.3, -0.25) is 9.97 Å². The second-order valence-corrected chi connectivity index (χ2v) is 4.70. The number of nitrogens with zero attached hydrogens (tertiary/aromatic N) is 2. The summed E-state index contributed by atoms with van der Waals surface area (Å²) in [5.41, 5.74) is 2.58. The molecular weight excluding hydrogens is 252 g/mol. The number of hydrogen-bond acceptors (Lipinski definition) is 4. The third-order valence-electron chi connectivity index (χ3n) is 3.12. The fourth-order valence-electron chi connectivity index (χ4n) is 1.93. The largest absolute Gasteiger partial charge is 0.454 e. The van der Waals surface area contributed by atoms with E-state index in [1.807, 2.05) is 39.0 Å². The Balaban J connectivity index is 2.18. The number of aliphatic hydroxyl groups excluding tert-OH is 1. The van der Waals surface area contributed by atoms with Crippen LogP contribution in [0.3, 0.4) is 0 Å². The number of aromatic nitrogens is 2. The quantitative estimate of drug-likeness (QED) is 0.903. The van der Waals surface area contributed by atoms with E-state index in [0.29, 0.717) is 17.9 Å². The molecule has 0 saturated heterocycles. The van der Waals surface area contributed by atoms with Crippen molar-refractivity contribution in [3.05, 3.63) is 47.5 Å². The Morgan fingerprint density at radius 2 is 2.00 bits per heavy atom. The van der Waals surface area contributed by atoms with Crippen LogP contribution < -0.4 is 4.74 Å². The summed E-state index contributed by atoms with van der Waals surface area (Å²) in [6.45, 7) is 5.93. The van der Waals surface area contributed by atoms with E-state index in [2.05, 4.69) is 9.97 Å². The first-order valence-electron chi connectivity index (χ1n) is 6.92. The van der Waals surface area contributed by atoms with Gasteiger partial charge >= 0.3 is 0 Å². The van der Waals surface area contributed by atoms with Crippen LogP contribution in [0.15, 0.2) is 30.5 Å². The second kappa shape index (κ2) is 6.48. The van der Waals surface area contributed by atoms with E-state index < -0.39 is 6.10 Å². The first-order valence-corrected chi connectivity index (χ1v) is 6.92. The zero-order valence-corrected chi connectivity index (χ0v) is 12.1. The highest BCUT2D eigenvalue weighted by molar-refractivity contribution is 5.34. The molecule has 2 heterocycles. The van der Waals surface area contributed by atoms with Crippen LogP contribution >= 0.6 is 0 Å². The van der Waals surface area contributed by atoms with Gasteiger partial charge in [-0.2, -0.15) is 0 Å². The van der Waals surface area contributed by atoms with Crippen molar-refractivity contribution < 1.29 is 9.84 Å². The topological polar surface area (TPSA) is 55.2 Å². The van der Waals surface area contributed by atoms with E-state index in [4.69, 9.17) is 4.74 Å². The third-order valence-corrected chi connectivity index (χ3v) is 3.12. The molecule has 2 rings (SSSR count). The van der Waals surface area contributed by atoms with Gasteiger partial charge in [-0.15, -0.1) is 0 Å². The molecular formula is C16H20N2O2. The van der Waals surface area contributed by atoms with Crippen LogP contribution in [0.2, 0.25) is 0 Å². The number of pyridine rings is 2. The Hall–Kier alpha value is -1.94. The van der Waals surface area contributed by atoms with Gasteiger partial charge in [-0.25, -0.2) is 0 Å². The maximum atomic E-state index is 9.71. The number of aryl methyl sites for hydroxylation is 2. The van der Waals surface area contributed by atoms with Gasteiger partial charge in [0.05, 0.1) is 23.7 Å². The number of aliphatic hydroxyl groups is 1. The molecule has 0 unspecified atom stereocenters. The van der Waals surface area contributed by atoms with E-state index in [1.165, 1.54) is 0 Å². The predicted molar refractivity (Wildman–Crippen MR) is 77.9 cm³/mol. The average molecular weight is 272 g/mol. The van der Waals surface area contributed by atoms with Gasteiger partial charge in [-0.05, 0) is 44.0 Å². The summed E-state index contributed by atoms with van der Waals surface area (Å²) < 4.78 is 5.82. The monoisotopic (exact) mass is 272 g/mol. The molecule has 20 heavy (non-hydrogen) atoms. The van der Waals surface area contributed by atoms with E-state index in [1.54, 1.807) is 12.3 Å². The highest BCUT2D eigenvalue weighted by Gasteiger charge is 2.08. The molecule has 0 bridgehead atoms. The molecule has 2 aromatic rings. The lowest BCUT2D eigenvalue weighted by Crippen LogP contribution is -1.99. The highest BCUT2D eigenvalue weighted by atomic mass is 16.5. The Bertz CT molecular complexity index is 567. The van der Waals surface area contributed by atoms with Gasteiger partial charge < -0.3 is 9.84 Å². The summed E-state index contributed by atoms with van der Waals surface area (Å²) >= 11 is 0. The first-order chi connectivity index (χ1) is 9.63. The van der Waals surface area contributed by atoms with E-state index in [9.17, 15) is 5.11 Å². The molecule has 1 atom stereocenters. The Kier molecular flexibility index (Phi) is 4.69. The van der Waals surface area contributed by atoms with Gasteiger partial charge in [0.1, 0.15) is 11.5 Å². The maximum Gasteiger partial charge on any atom is 0.148 e. The standard InChI is InChI=1S/C16H20N2O2/c1-4-13-16(9-6-11(3)18-13)20-12-7-8-14(17-10-12)15(19)5-2/h6-10,15,19H,4-5H2,1-3H3/t15-/m1/s1. The molecule has 0 aliphatic rings. The zero-order valence-electron chi connectivity index (χ0n) is 12.1. The molecule has 0 spiro atoms. The Morgan fingerprint density at radius 1 is 1.20 bits per heavy atom. The number of ether oxygens (including phenoxy) is 1. The average Bonchev–Trinajstić information content (AvgIpc) is 2.49. The fraction of sp³-hybridized carbons (Fsp3) is 0.375. The van der Waals surface area contributed by atoms with Crippen molar-refractivity contribution in [1.29, 1.82) is 0 Å². The summed E-state index contributed by atoms with van der Waals surface area (Å²) in [5.74, 6) is 1.40. The highest BCUT2D eigenvalue weighted by Crippen LogP contribution is 2.25. The zero-order chi connectivity index (χ0) is 14.5. The van der Waals surface area contributed by atoms with Crippen LogP contribution in [0, 0.1) is 6.92 Å². The lowest BCUT2D eigenvalue weighted by atomic mass is 10.2. The number of hydrogen-bond donors (Lipinski definition) is 1.